The lowest BCUT2D eigenvalue weighted by Gasteiger charge is -2.36. The molecule has 1 atom stereocenters. The summed E-state index contributed by atoms with van der Waals surface area (Å²) in [5, 5.41) is 2.37. The molecule has 1 heteroatoms. The smallest absolute Gasteiger partial charge is 0.0706 e. The third-order valence-corrected chi connectivity index (χ3v) is 12.6. The van der Waals surface area contributed by atoms with E-state index >= 15 is 0 Å². The van der Waals surface area contributed by atoms with Crippen LogP contribution in [0.5, 0.6) is 0 Å². The van der Waals surface area contributed by atoms with Gasteiger partial charge in [0, 0.05) is 5.56 Å². The molecular weight excluding hydrogens is 711 g/mol. The number of hydrogen-bond acceptors (Lipinski definition) is 1. The van der Waals surface area contributed by atoms with Crippen molar-refractivity contribution in [2.45, 2.75) is 45.4 Å². The fourth-order valence-corrected chi connectivity index (χ4v) is 9.89. The summed E-state index contributed by atoms with van der Waals surface area (Å²) in [7, 11) is 0. The Kier molecular flexibility index (Phi) is 10.1. The molecular formula is C58H49N. The van der Waals surface area contributed by atoms with Crippen LogP contribution in [-0.2, 0) is 11.8 Å². The van der Waals surface area contributed by atoms with Crippen molar-refractivity contribution < 1.29 is 0 Å². The summed E-state index contributed by atoms with van der Waals surface area (Å²) in [6, 6.07) is 59.1. The minimum Gasteiger partial charge on any atom is -0.264 e. The summed E-state index contributed by atoms with van der Waals surface area (Å²) >= 11 is 0. The molecule has 0 saturated heterocycles. The molecule has 0 aliphatic heterocycles. The van der Waals surface area contributed by atoms with Crippen molar-refractivity contribution in [3.63, 3.8) is 0 Å². The van der Waals surface area contributed by atoms with Crippen LogP contribution in [0.15, 0.2) is 199 Å². The molecule has 0 N–H and O–H groups in total. The number of rotatable bonds is 7. The Morgan fingerprint density at radius 1 is 0.661 bits per heavy atom. The van der Waals surface area contributed by atoms with Crippen LogP contribution >= 0.6 is 0 Å². The summed E-state index contributed by atoms with van der Waals surface area (Å²) in [5.41, 5.74) is 21.0. The average molecular weight is 760 g/mol. The van der Waals surface area contributed by atoms with Crippen LogP contribution in [0.4, 0.5) is 0 Å². The van der Waals surface area contributed by atoms with Gasteiger partial charge in [-0.2, -0.15) is 0 Å². The van der Waals surface area contributed by atoms with Crippen molar-refractivity contribution in [3.05, 3.63) is 244 Å². The topological polar surface area (TPSA) is 12.4 Å². The Hall–Kier alpha value is -6.83. The lowest BCUT2D eigenvalue weighted by Crippen LogP contribution is -2.29. The fraction of sp³-hybridized carbons (Fsp3) is 0.121. The molecule has 3 aliphatic rings. The number of aryl methyl sites for hydroxylation is 2. The van der Waals surface area contributed by atoms with E-state index in [2.05, 4.69) is 215 Å². The summed E-state index contributed by atoms with van der Waals surface area (Å²) in [5.74, 6) is 0. The lowest BCUT2D eigenvalue weighted by atomic mass is 9.65. The summed E-state index contributed by atoms with van der Waals surface area (Å²) in [6.45, 7) is 15.3. The van der Waals surface area contributed by atoms with E-state index in [1.165, 1.54) is 77.6 Å². The van der Waals surface area contributed by atoms with E-state index in [-0.39, 0.29) is 5.41 Å². The number of nitrogens with zero attached hydrogens (tertiary/aromatic N) is 1. The first-order chi connectivity index (χ1) is 28.9. The van der Waals surface area contributed by atoms with Gasteiger partial charge in [-0.1, -0.05) is 183 Å². The van der Waals surface area contributed by atoms with Gasteiger partial charge in [-0.25, -0.2) is 0 Å². The molecule has 0 aromatic heterocycles. The van der Waals surface area contributed by atoms with Gasteiger partial charge >= 0.3 is 0 Å². The minimum absolute atomic E-state index is 0.370. The van der Waals surface area contributed by atoms with Gasteiger partial charge in [-0.3, -0.25) is 4.99 Å². The van der Waals surface area contributed by atoms with Crippen molar-refractivity contribution >= 4 is 45.5 Å². The highest BCUT2D eigenvalue weighted by atomic mass is 14.7. The highest BCUT2D eigenvalue weighted by Gasteiger charge is 2.53. The van der Waals surface area contributed by atoms with Gasteiger partial charge in [0.25, 0.3) is 0 Å². The Labute approximate surface area is 349 Å². The maximum Gasteiger partial charge on any atom is 0.0706 e. The van der Waals surface area contributed by atoms with Crippen LogP contribution in [0.3, 0.4) is 0 Å². The second-order valence-electron chi connectivity index (χ2n) is 15.8. The van der Waals surface area contributed by atoms with Gasteiger partial charge < -0.3 is 0 Å². The second-order valence-corrected chi connectivity index (χ2v) is 15.8. The van der Waals surface area contributed by atoms with Gasteiger partial charge in [0.05, 0.1) is 11.1 Å². The van der Waals surface area contributed by atoms with E-state index in [9.17, 15) is 0 Å². The zero-order chi connectivity index (χ0) is 40.5. The Balaban J connectivity index is 0.000000505. The van der Waals surface area contributed by atoms with Crippen molar-refractivity contribution in [3.8, 4) is 11.1 Å². The largest absolute Gasteiger partial charge is 0.264 e. The normalized spacial score (nSPS) is 16.4. The van der Waals surface area contributed by atoms with Crippen LogP contribution in [0.1, 0.15) is 76.8 Å². The average Bonchev–Trinajstić information content (AvgIpc) is 3.73. The maximum absolute atomic E-state index is 4.62. The van der Waals surface area contributed by atoms with Gasteiger partial charge in [0.1, 0.15) is 0 Å². The number of aliphatic imine (C=N–C) groups is 1. The molecule has 7 aromatic rings. The van der Waals surface area contributed by atoms with Crippen molar-refractivity contribution in [2.75, 3.05) is 0 Å². The third kappa shape index (κ3) is 6.39. The van der Waals surface area contributed by atoms with Crippen LogP contribution < -0.4 is 0 Å². The monoisotopic (exact) mass is 759 g/mol. The Morgan fingerprint density at radius 2 is 1.34 bits per heavy atom. The molecule has 1 spiro atoms. The first kappa shape index (κ1) is 37.7. The zero-order valence-corrected chi connectivity index (χ0v) is 34.3. The van der Waals surface area contributed by atoms with E-state index in [1.807, 2.05) is 6.07 Å². The highest BCUT2D eigenvalue weighted by Crippen LogP contribution is 2.65. The predicted molar refractivity (Wildman–Crippen MR) is 254 cm³/mol. The molecule has 0 amide bonds. The molecule has 0 saturated carbocycles. The van der Waals surface area contributed by atoms with E-state index in [1.54, 1.807) is 0 Å². The Bertz CT molecular complexity index is 2910. The molecule has 1 unspecified atom stereocenters. The van der Waals surface area contributed by atoms with Crippen LogP contribution in [0.25, 0.3) is 49.9 Å². The summed E-state index contributed by atoms with van der Waals surface area (Å²) in [6.07, 6.45) is 10.0. The molecule has 286 valence electrons. The Morgan fingerprint density at radius 3 is 2.12 bits per heavy atom. The maximum atomic E-state index is 4.62. The van der Waals surface area contributed by atoms with E-state index in [0.717, 1.165) is 47.2 Å². The SMILES string of the molecule is C=N/C(=C\C(=C)c1cccc2ccccc12)c1ccccc1-c1ccc2c(c1)C1(C3=C(C=CCC3)c3ccccc31)C(c1ccccc1C)=C2C.CCc1ccccc1. The molecule has 3 aliphatic carbocycles. The molecule has 59 heavy (non-hydrogen) atoms. The van der Waals surface area contributed by atoms with Gasteiger partial charge in [-0.15, -0.1) is 0 Å². The number of hydrogen-bond donors (Lipinski definition) is 0. The molecule has 0 heterocycles. The third-order valence-electron chi connectivity index (χ3n) is 12.6. The van der Waals surface area contributed by atoms with Gasteiger partial charge in [-0.05, 0) is 146 Å². The highest BCUT2D eigenvalue weighted by molar-refractivity contribution is 6.10. The second kappa shape index (κ2) is 15.8. The van der Waals surface area contributed by atoms with Gasteiger partial charge in [0.15, 0.2) is 0 Å². The number of benzene rings is 7. The van der Waals surface area contributed by atoms with Crippen molar-refractivity contribution in [1.29, 1.82) is 0 Å². The summed E-state index contributed by atoms with van der Waals surface area (Å²) in [4.78, 5) is 4.62. The number of fused-ring (bicyclic) bond motifs is 7. The van der Waals surface area contributed by atoms with E-state index < -0.39 is 0 Å². The standard InChI is InChI=1S/C50H39N.C8H10/c1-32-16-5-7-19-38(32)49-34(3)39-29-28-36(31-47(39)50(49)45-26-13-11-22-42(45)43-23-12-14-27-46(43)50)41-21-9-10-24-44(41)48(51-4)30-33(2)37-25-15-18-35-17-6-8-20-40(35)37;1-2-8-6-4-3-5-7-8/h5-13,15-26,28-31H,2,4,14,27H2,1,3H3;3-7H,2H2,1H3/b48-30-;. The van der Waals surface area contributed by atoms with Crippen LogP contribution in [-0.4, -0.2) is 6.72 Å². The quantitative estimate of drug-likeness (QED) is 0.113. The lowest BCUT2D eigenvalue weighted by molar-refractivity contribution is 0.749. The molecule has 7 aromatic carbocycles. The summed E-state index contributed by atoms with van der Waals surface area (Å²) < 4.78 is 0. The van der Waals surface area contributed by atoms with Crippen LogP contribution in [0, 0.1) is 6.92 Å². The van der Waals surface area contributed by atoms with Crippen molar-refractivity contribution in [2.24, 2.45) is 4.99 Å². The van der Waals surface area contributed by atoms with Crippen molar-refractivity contribution in [1.82, 2.24) is 0 Å². The first-order valence-corrected chi connectivity index (χ1v) is 20.9. The van der Waals surface area contributed by atoms with E-state index in [0.29, 0.717) is 0 Å². The molecule has 0 bridgehead atoms. The van der Waals surface area contributed by atoms with Crippen LogP contribution in [0.2, 0.25) is 0 Å². The zero-order valence-electron chi connectivity index (χ0n) is 34.3. The fourth-order valence-electron chi connectivity index (χ4n) is 9.89. The molecule has 0 fully saturated rings. The molecule has 1 nitrogen and oxygen atoms in total. The molecule has 10 rings (SSSR count). The molecule has 0 radical (unpaired) electrons. The minimum atomic E-state index is -0.370. The predicted octanol–water partition coefficient (Wildman–Crippen LogP) is 15.2. The van der Waals surface area contributed by atoms with Gasteiger partial charge in [0.2, 0.25) is 0 Å². The van der Waals surface area contributed by atoms with E-state index in [4.69, 9.17) is 0 Å². The number of allylic oxidation sites excluding steroid dienone is 8. The first-order valence-electron chi connectivity index (χ1n) is 20.9.